The van der Waals surface area contributed by atoms with Crippen LogP contribution in [-0.4, -0.2) is 16.9 Å². The molecule has 0 aliphatic carbocycles. The molecule has 2 rings (SSSR count). The van der Waals surface area contributed by atoms with E-state index in [0.29, 0.717) is 17.9 Å². The summed E-state index contributed by atoms with van der Waals surface area (Å²) in [6, 6.07) is 16.6. The molecule has 0 radical (unpaired) electrons. The minimum Gasteiger partial charge on any atom is -0.456 e. The van der Waals surface area contributed by atoms with E-state index in [1.807, 2.05) is 42.5 Å². The van der Waals surface area contributed by atoms with Gasteiger partial charge in [-0.25, -0.2) is 4.79 Å². The van der Waals surface area contributed by atoms with Crippen molar-refractivity contribution in [1.82, 2.24) is 0 Å². The van der Waals surface area contributed by atoms with E-state index < -0.39 is 5.97 Å². The molecule has 2 aromatic carbocycles. The number of benzene rings is 2. The summed E-state index contributed by atoms with van der Waals surface area (Å²) in [6.07, 6.45) is 0.864. The largest absolute Gasteiger partial charge is 0.456 e. The predicted molar refractivity (Wildman–Crippen MR) is 85.2 cm³/mol. The number of hydrogen-bond donors (Lipinski definition) is 1. The van der Waals surface area contributed by atoms with Gasteiger partial charge in [0.05, 0.1) is 0 Å². The van der Waals surface area contributed by atoms with Crippen molar-refractivity contribution in [3.05, 3.63) is 70.7 Å². The van der Waals surface area contributed by atoms with E-state index in [4.69, 9.17) is 21.5 Å². The predicted octanol–water partition coefficient (Wildman–Crippen LogP) is 3.85. The van der Waals surface area contributed by atoms with Crippen LogP contribution in [0, 0.1) is 0 Å². The Balaban J connectivity index is 1.85. The van der Waals surface area contributed by atoms with E-state index in [1.54, 1.807) is 12.1 Å². The Kier molecular flexibility index (Phi) is 5.98. The summed E-state index contributed by atoms with van der Waals surface area (Å²) in [5, 5.41) is 12.7. The molecule has 5 heteroatoms. The second kappa shape index (κ2) is 8.20. The van der Waals surface area contributed by atoms with E-state index in [9.17, 15) is 4.79 Å². The molecule has 22 heavy (non-hydrogen) atoms. The van der Waals surface area contributed by atoms with Gasteiger partial charge in [0, 0.05) is 11.4 Å². The van der Waals surface area contributed by atoms with Gasteiger partial charge in [-0.3, -0.25) is 0 Å². The van der Waals surface area contributed by atoms with Crippen molar-refractivity contribution < 1.29 is 14.7 Å². The van der Waals surface area contributed by atoms with Crippen molar-refractivity contribution in [2.24, 2.45) is 5.16 Å². The quantitative estimate of drug-likeness (QED) is 0.381. The number of aryl methyl sites for hydroxylation is 1. The third-order valence-corrected chi connectivity index (χ3v) is 3.38. The Bertz CT molecular complexity index is 639. The van der Waals surface area contributed by atoms with E-state index in [0.717, 1.165) is 11.1 Å². The van der Waals surface area contributed by atoms with Crippen LogP contribution in [0.25, 0.3) is 0 Å². The fraction of sp³-hybridized carbons (Fsp3) is 0.176. The molecule has 2 aromatic rings. The molecule has 0 bridgehead atoms. The molecule has 0 heterocycles. The zero-order valence-corrected chi connectivity index (χ0v) is 12.7. The monoisotopic (exact) mass is 317 g/mol. The highest BCUT2D eigenvalue weighted by molar-refractivity contribution is 6.36. The molecule has 114 valence electrons. The fourth-order valence-corrected chi connectivity index (χ4v) is 2.04. The lowest BCUT2D eigenvalue weighted by Crippen LogP contribution is -2.18. The zero-order valence-electron chi connectivity index (χ0n) is 11.9. The average molecular weight is 318 g/mol. The number of carbonyl (C=O) groups is 1. The van der Waals surface area contributed by atoms with Gasteiger partial charge in [0.15, 0.2) is 5.71 Å². The number of hydrogen-bond acceptors (Lipinski definition) is 4. The number of nitrogens with zero attached hydrogens (tertiary/aromatic N) is 1. The summed E-state index contributed by atoms with van der Waals surface area (Å²) in [5.74, 6) is -0.611. The molecule has 0 aromatic heterocycles. The Morgan fingerprint density at radius 1 is 1.05 bits per heavy atom. The van der Waals surface area contributed by atoms with Crippen molar-refractivity contribution >= 4 is 23.3 Å². The summed E-state index contributed by atoms with van der Waals surface area (Å²) in [4.78, 5) is 11.9. The number of oxime groups is 1. The van der Waals surface area contributed by atoms with Crippen molar-refractivity contribution in [1.29, 1.82) is 0 Å². The highest BCUT2D eigenvalue weighted by Crippen LogP contribution is 2.11. The number of esters is 1. The maximum atomic E-state index is 11.9. The number of halogens is 1. The summed E-state index contributed by atoms with van der Waals surface area (Å²) < 4.78 is 5.14. The minimum atomic E-state index is -0.611. The molecule has 0 unspecified atom stereocenters. The van der Waals surface area contributed by atoms with Crippen LogP contribution < -0.4 is 0 Å². The fourth-order valence-electron chi connectivity index (χ4n) is 1.91. The van der Waals surface area contributed by atoms with Crippen molar-refractivity contribution in [2.75, 3.05) is 0 Å². The Labute approximate surface area is 134 Å². The van der Waals surface area contributed by atoms with Gasteiger partial charge in [0.2, 0.25) is 0 Å². The van der Waals surface area contributed by atoms with Gasteiger partial charge in [0.1, 0.15) is 6.61 Å². The van der Waals surface area contributed by atoms with Gasteiger partial charge in [-0.1, -0.05) is 59.2 Å². The maximum absolute atomic E-state index is 11.9. The summed E-state index contributed by atoms with van der Waals surface area (Å²) >= 11 is 5.81. The minimum absolute atomic E-state index is 0.00545. The van der Waals surface area contributed by atoms with Gasteiger partial charge < -0.3 is 9.94 Å². The first kappa shape index (κ1) is 16.0. The molecular formula is C17H16ClNO3. The van der Waals surface area contributed by atoms with E-state index in [-0.39, 0.29) is 12.3 Å². The first-order valence-corrected chi connectivity index (χ1v) is 7.23. The van der Waals surface area contributed by atoms with E-state index in [1.165, 1.54) is 0 Å². The normalized spacial score (nSPS) is 11.2. The molecular weight excluding hydrogens is 302 g/mol. The first-order chi connectivity index (χ1) is 10.7. The van der Waals surface area contributed by atoms with Gasteiger partial charge >= 0.3 is 5.97 Å². The average Bonchev–Trinajstić information content (AvgIpc) is 2.56. The van der Waals surface area contributed by atoms with Gasteiger partial charge in [-0.05, 0) is 29.7 Å². The summed E-state index contributed by atoms with van der Waals surface area (Å²) in [5.41, 5.74) is 1.89. The molecule has 0 saturated heterocycles. The second-order valence-corrected chi connectivity index (χ2v) is 5.17. The topological polar surface area (TPSA) is 58.9 Å². The standard InChI is InChI=1S/C17H16ClNO3/c18-15-9-6-13(7-10-15)8-11-16(19-21)17(20)22-12-14-4-2-1-3-5-14/h1-7,9-10,21H,8,11-12H2. The smallest absolute Gasteiger partial charge is 0.356 e. The third-order valence-electron chi connectivity index (χ3n) is 3.13. The molecule has 0 fully saturated rings. The van der Waals surface area contributed by atoms with Crippen molar-refractivity contribution in [3.8, 4) is 0 Å². The van der Waals surface area contributed by atoms with Crippen LogP contribution in [0.1, 0.15) is 17.5 Å². The van der Waals surface area contributed by atoms with Crippen molar-refractivity contribution in [2.45, 2.75) is 19.4 Å². The number of carbonyl (C=O) groups excluding carboxylic acids is 1. The van der Waals surface area contributed by atoms with Crippen LogP contribution in [0.4, 0.5) is 0 Å². The van der Waals surface area contributed by atoms with Crippen molar-refractivity contribution in [3.63, 3.8) is 0 Å². The Morgan fingerprint density at radius 2 is 1.73 bits per heavy atom. The lowest BCUT2D eigenvalue weighted by molar-refractivity contribution is -0.137. The van der Waals surface area contributed by atoms with E-state index >= 15 is 0 Å². The van der Waals surface area contributed by atoms with Crippen LogP contribution >= 0.6 is 11.6 Å². The number of rotatable bonds is 6. The molecule has 0 aliphatic rings. The van der Waals surface area contributed by atoms with Gasteiger partial charge in [-0.2, -0.15) is 0 Å². The molecule has 0 atom stereocenters. The second-order valence-electron chi connectivity index (χ2n) is 4.73. The Hall–Kier alpha value is -2.33. The third kappa shape index (κ3) is 4.90. The molecule has 0 spiro atoms. The highest BCUT2D eigenvalue weighted by Gasteiger charge is 2.14. The molecule has 0 aliphatic heterocycles. The number of ether oxygens (including phenoxy) is 1. The van der Waals surface area contributed by atoms with Crippen LogP contribution in [0.5, 0.6) is 0 Å². The lowest BCUT2D eigenvalue weighted by Gasteiger charge is -2.06. The van der Waals surface area contributed by atoms with Crippen LogP contribution in [0.3, 0.4) is 0 Å². The van der Waals surface area contributed by atoms with Crippen LogP contribution in [-0.2, 0) is 22.6 Å². The lowest BCUT2D eigenvalue weighted by atomic mass is 10.1. The highest BCUT2D eigenvalue weighted by atomic mass is 35.5. The summed E-state index contributed by atoms with van der Waals surface area (Å²) in [6.45, 7) is 0.152. The molecule has 0 amide bonds. The maximum Gasteiger partial charge on any atom is 0.356 e. The summed E-state index contributed by atoms with van der Waals surface area (Å²) in [7, 11) is 0. The molecule has 4 nitrogen and oxygen atoms in total. The Morgan fingerprint density at radius 3 is 2.36 bits per heavy atom. The molecule has 1 N–H and O–H groups in total. The molecule has 0 saturated carbocycles. The zero-order chi connectivity index (χ0) is 15.8. The van der Waals surface area contributed by atoms with Crippen LogP contribution in [0.2, 0.25) is 5.02 Å². The van der Waals surface area contributed by atoms with Gasteiger partial charge in [-0.15, -0.1) is 0 Å². The van der Waals surface area contributed by atoms with Crippen LogP contribution in [0.15, 0.2) is 59.8 Å². The first-order valence-electron chi connectivity index (χ1n) is 6.85. The van der Waals surface area contributed by atoms with E-state index in [2.05, 4.69) is 5.16 Å². The van der Waals surface area contributed by atoms with Gasteiger partial charge in [0.25, 0.3) is 0 Å². The SMILES string of the molecule is O=C(OCc1ccccc1)C(CCc1ccc(Cl)cc1)=NO.